The fraction of sp³-hybridized carbons (Fsp3) is 0.545. The summed E-state index contributed by atoms with van der Waals surface area (Å²) >= 11 is 0. The zero-order chi connectivity index (χ0) is 13.9. The van der Waals surface area contributed by atoms with Crippen molar-refractivity contribution in [1.82, 2.24) is 9.78 Å². The van der Waals surface area contributed by atoms with Crippen LogP contribution < -0.4 is 5.73 Å². The minimum absolute atomic E-state index is 0.158. The molecule has 1 aromatic rings. The van der Waals surface area contributed by atoms with Crippen LogP contribution in [0.1, 0.15) is 30.0 Å². The summed E-state index contributed by atoms with van der Waals surface area (Å²) in [4.78, 5) is 23.1. The van der Waals surface area contributed by atoms with Crippen molar-refractivity contribution >= 4 is 17.6 Å². The molecule has 7 heteroatoms. The number of hydrogen-bond donors (Lipinski definition) is 1. The van der Waals surface area contributed by atoms with Crippen molar-refractivity contribution in [2.24, 2.45) is 0 Å². The van der Waals surface area contributed by atoms with E-state index in [2.05, 4.69) is 9.84 Å². The van der Waals surface area contributed by atoms with Gasteiger partial charge in [-0.2, -0.15) is 5.10 Å². The number of esters is 2. The Morgan fingerprint density at radius 1 is 1.50 bits per heavy atom. The topological polar surface area (TPSA) is 96.4 Å². The van der Waals surface area contributed by atoms with Crippen LogP contribution in [0, 0.1) is 6.92 Å². The Morgan fingerprint density at radius 2 is 2.11 bits per heavy atom. The van der Waals surface area contributed by atoms with Gasteiger partial charge in [0, 0.05) is 6.54 Å². The van der Waals surface area contributed by atoms with E-state index in [9.17, 15) is 9.59 Å². The van der Waals surface area contributed by atoms with Crippen LogP contribution in [0.25, 0.3) is 0 Å². The summed E-state index contributed by atoms with van der Waals surface area (Å²) in [6.45, 7) is 5.43. The lowest BCUT2D eigenvalue weighted by Crippen LogP contribution is -2.27. The smallest absolute Gasteiger partial charge is 0.359 e. The molecule has 0 spiro atoms. The van der Waals surface area contributed by atoms with Crippen molar-refractivity contribution in [2.45, 2.75) is 33.4 Å². The Morgan fingerprint density at radius 3 is 2.61 bits per heavy atom. The molecule has 0 saturated carbocycles. The Bertz CT molecular complexity index is 467. The number of aromatic nitrogens is 2. The first-order valence-corrected chi connectivity index (χ1v) is 5.54. The number of anilines is 1. The molecule has 0 fully saturated rings. The van der Waals surface area contributed by atoms with Gasteiger partial charge >= 0.3 is 11.9 Å². The molecular weight excluding hydrogens is 238 g/mol. The number of nitrogens with two attached hydrogens (primary N) is 1. The molecule has 0 aliphatic carbocycles. The molecule has 0 saturated heterocycles. The highest BCUT2D eigenvalue weighted by Gasteiger charge is 2.25. The molecule has 1 rings (SSSR count). The first-order chi connectivity index (χ1) is 8.42. The number of ether oxygens (including phenoxy) is 2. The summed E-state index contributed by atoms with van der Waals surface area (Å²) in [5.41, 5.74) is 6.74. The van der Waals surface area contributed by atoms with Gasteiger partial charge in [-0.25, -0.2) is 9.59 Å². The van der Waals surface area contributed by atoms with Crippen LogP contribution in [0.5, 0.6) is 0 Å². The van der Waals surface area contributed by atoms with Gasteiger partial charge in [0.15, 0.2) is 11.8 Å². The van der Waals surface area contributed by atoms with Crippen molar-refractivity contribution in [3.63, 3.8) is 0 Å². The van der Waals surface area contributed by atoms with E-state index in [1.807, 2.05) is 6.92 Å². The summed E-state index contributed by atoms with van der Waals surface area (Å²) in [5.74, 6) is -1.31. The van der Waals surface area contributed by atoms with Gasteiger partial charge in [-0.05, 0) is 20.8 Å². The van der Waals surface area contributed by atoms with Gasteiger partial charge in [0.05, 0.1) is 18.5 Å². The maximum Gasteiger partial charge on any atom is 0.359 e. The SMILES string of the molecule is CCn1nc(C)c(N)c1C(=O)OC(C)C(=O)OC. The average Bonchev–Trinajstić information content (AvgIpc) is 2.63. The van der Waals surface area contributed by atoms with Crippen LogP contribution in [0.4, 0.5) is 5.69 Å². The van der Waals surface area contributed by atoms with Gasteiger partial charge in [0.2, 0.25) is 0 Å². The lowest BCUT2D eigenvalue weighted by Gasteiger charge is -2.11. The highest BCUT2D eigenvalue weighted by molar-refractivity contribution is 5.95. The number of nitrogen functional groups attached to an aromatic ring is 1. The summed E-state index contributed by atoms with van der Waals surface area (Å²) < 4.78 is 10.9. The Hall–Kier alpha value is -2.05. The van der Waals surface area contributed by atoms with Crippen LogP contribution in [-0.2, 0) is 20.8 Å². The predicted octanol–water partition coefficient (Wildman–Crippen LogP) is 0.512. The Labute approximate surface area is 105 Å². The van der Waals surface area contributed by atoms with Gasteiger partial charge in [0.25, 0.3) is 0 Å². The molecule has 0 radical (unpaired) electrons. The summed E-state index contributed by atoms with van der Waals surface area (Å²) in [7, 11) is 1.22. The molecule has 0 amide bonds. The lowest BCUT2D eigenvalue weighted by molar-refractivity contribution is -0.149. The maximum atomic E-state index is 11.9. The second-order valence-electron chi connectivity index (χ2n) is 3.73. The standard InChI is InChI=1S/C11H17N3O4/c1-5-14-9(8(12)6(2)13-14)11(16)18-7(3)10(15)17-4/h7H,5,12H2,1-4H3. The minimum Gasteiger partial charge on any atom is -0.466 e. The number of carbonyl (C=O) groups excluding carboxylic acids is 2. The number of nitrogens with zero attached hydrogens (tertiary/aromatic N) is 2. The zero-order valence-corrected chi connectivity index (χ0v) is 10.9. The van der Waals surface area contributed by atoms with Gasteiger partial charge in [-0.3, -0.25) is 4.68 Å². The second kappa shape index (κ2) is 5.52. The van der Waals surface area contributed by atoms with Crippen LogP contribution in [0.3, 0.4) is 0 Å². The molecule has 1 unspecified atom stereocenters. The third kappa shape index (κ3) is 2.61. The number of methoxy groups -OCH3 is 1. The summed E-state index contributed by atoms with van der Waals surface area (Å²) in [5, 5.41) is 4.10. The first kappa shape index (κ1) is 14.0. The molecule has 7 nitrogen and oxygen atoms in total. The van der Waals surface area contributed by atoms with Gasteiger partial charge in [0.1, 0.15) is 0 Å². The summed E-state index contributed by atoms with van der Waals surface area (Å²) in [6.07, 6.45) is -0.984. The molecule has 0 aromatic carbocycles. The van der Waals surface area contributed by atoms with Gasteiger partial charge in [-0.15, -0.1) is 0 Å². The van der Waals surface area contributed by atoms with Crippen molar-refractivity contribution in [2.75, 3.05) is 12.8 Å². The van der Waals surface area contributed by atoms with Crippen LogP contribution in [0.15, 0.2) is 0 Å². The van der Waals surface area contributed by atoms with E-state index in [1.165, 1.54) is 18.7 Å². The molecule has 0 bridgehead atoms. The largest absolute Gasteiger partial charge is 0.466 e. The highest BCUT2D eigenvalue weighted by Crippen LogP contribution is 2.18. The fourth-order valence-electron chi connectivity index (χ4n) is 1.47. The van der Waals surface area contributed by atoms with E-state index in [0.717, 1.165) is 0 Å². The summed E-state index contributed by atoms with van der Waals surface area (Å²) in [6, 6.07) is 0. The van der Waals surface area contributed by atoms with E-state index >= 15 is 0 Å². The zero-order valence-electron chi connectivity index (χ0n) is 10.9. The first-order valence-electron chi connectivity index (χ1n) is 5.54. The van der Waals surface area contributed by atoms with Crippen molar-refractivity contribution in [1.29, 1.82) is 0 Å². The average molecular weight is 255 g/mol. The maximum absolute atomic E-state index is 11.9. The predicted molar refractivity (Wildman–Crippen MR) is 63.9 cm³/mol. The fourth-order valence-corrected chi connectivity index (χ4v) is 1.47. The molecule has 1 aromatic heterocycles. The molecule has 18 heavy (non-hydrogen) atoms. The van der Waals surface area contributed by atoms with E-state index < -0.39 is 18.0 Å². The Balaban J connectivity index is 2.94. The van der Waals surface area contributed by atoms with Crippen molar-refractivity contribution in [3.05, 3.63) is 11.4 Å². The van der Waals surface area contributed by atoms with Crippen LogP contribution in [0.2, 0.25) is 0 Å². The van der Waals surface area contributed by atoms with Crippen LogP contribution in [-0.4, -0.2) is 34.9 Å². The molecule has 0 aliphatic heterocycles. The van der Waals surface area contributed by atoms with E-state index in [-0.39, 0.29) is 11.4 Å². The van der Waals surface area contributed by atoms with Crippen molar-refractivity contribution in [3.8, 4) is 0 Å². The number of aryl methyl sites for hydroxylation is 2. The van der Waals surface area contributed by atoms with E-state index in [0.29, 0.717) is 12.2 Å². The lowest BCUT2D eigenvalue weighted by atomic mass is 10.3. The number of rotatable bonds is 4. The second-order valence-corrected chi connectivity index (χ2v) is 3.73. The molecule has 1 heterocycles. The highest BCUT2D eigenvalue weighted by atomic mass is 16.6. The number of carbonyl (C=O) groups is 2. The molecular formula is C11H17N3O4. The molecule has 0 aliphatic rings. The van der Waals surface area contributed by atoms with Crippen LogP contribution >= 0.6 is 0 Å². The third-order valence-electron chi connectivity index (χ3n) is 2.48. The van der Waals surface area contributed by atoms with Gasteiger partial charge < -0.3 is 15.2 Å². The monoisotopic (exact) mass is 255 g/mol. The van der Waals surface area contributed by atoms with Gasteiger partial charge in [-0.1, -0.05) is 0 Å². The molecule has 1 atom stereocenters. The third-order valence-corrected chi connectivity index (χ3v) is 2.48. The Kier molecular flexibility index (Phi) is 4.30. The minimum atomic E-state index is -0.984. The normalized spacial score (nSPS) is 12.0. The molecule has 2 N–H and O–H groups in total. The van der Waals surface area contributed by atoms with E-state index in [1.54, 1.807) is 6.92 Å². The molecule has 100 valence electrons. The number of hydrogen-bond acceptors (Lipinski definition) is 6. The quantitative estimate of drug-likeness (QED) is 0.787. The van der Waals surface area contributed by atoms with E-state index in [4.69, 9.17) is 10.5 Å². The van der Waals surface area contributed by atoms with Crippen molar-refractivity contribution < 1.29 is 19.1 Å².